The Kier molecular flexibility index (Phi) is 7.64. The van der Waals surface area contributed by atoms with E-state index in [9.17, 15) is 14.4 Å². The minimum atomic E-state index is -0.659. The number of anilines is 2. The van der Waals surface area contributed by atoms with Crippen LogP contribution in [0.3, 0.4) is 0 Å². The normalized spacial score (nSPS) is 10.3. The van der Waals surface area contributed by atoms with Gasteiger partial charge in [0, 0.05) is 24.9 Å². The topological polar surface area (TPSA) is 121 Å². The summed E-state index contributed by atoms with van der Waals surface area (Å²) in [6.07, 6.45) is 0. The van der Waals surface area contributed by atoms with E-state index in [1.54, 1.807) is 51.4 Å². The van der Waals surface area contributed by atoms with Gasteiger partial charge in [0.25, 0.3) is 11.8 Å². The summed E-state index contributed by atoms with van der Waals surface area (Å²) >= 11 is 0. The van der Waals surface area contributed by atoms with Crippen molar-refractivity contribution in [3.8, 4) is 11.5 Å². The molecular weight excluding hydrogens is 428 g/mol. The van der Waals surface area contributed by atoms with Crippen LogP contribution in [0, 0.1) is 6.92 Å². The zero-order valence-corrected chi connectivity index (χ0v) is 18.5. The summed E-state index contributed by atoms with van der Waals surface area (Å²) in [5.41, 5.74) is 1.58. The van der Waals surface area contributed by atoms with Crippen LogP contribution in [0.15, 0.2) is 54.6 Å². The summed E-state index contributed by atoms with van der Waals surface area (Å²) in [5.74, 6) is 0.0475. The smallest absolute Gasteiger partial charge is 0.338 e. The molecule has 33 heavy (non-hydrogen) atoms. The molecule has 0 atom stereocenters. The number of aromatic nitrogens is 2. The first-order chi connectivity index (χ1) is 15.8. The second-order valence-electron chi connectivity index (χ2n) is 7.01. The highest BCUT2D eigenvalue weighted by atomic mass is 16.5. The van der Waals surface area contributed by atoms with Gasteiger partial charge in [-0.05, 0) is 43.3 Å². The average Bonchev–Trinajstić information content (AvgIpc) is 3.12. The summed E-state index contributed by atoms with van der Waals surface area (Å²) in [7, 11) is 3.24. The number of benzene rings is 2. The average molecular weight is 452 g/mol. The molecule has 0 bridgehead atoms. The number of nitrogens with zero attached hydrogens (tertiary/aromatic N) is 2. The molecule has 1 aromatic heterocycles. The summed E-state index contributed by atoms with van der Waals surface area (Å²) in [6.45, 7) is 1.15. The summed E-state index contributed by atoms with van der Waals surface area (Å²) in [5, 5.41) is 9.44. The highest BCUT2D eigenvalue weighted by Crippen LogP contribution is 2.17. The lowest BCUT2D eigenvalue weighted by Gasteiger charge is -2.09. The second-order valence-corrected chi connectivity index (χ2v) is 7.01. The predicted octanol–water partition coefficient (Wildman–Crippen LogP) is 2.55. The molecule has 1 heterocycles. The number of nitrogens with one attached hydrogen (secondary N) is 2. The van der Waals surface area contributed by atoms with Gasteiger partial charge in [0.2, 0.25) is 0 Å². The molecule has 2 amide bonds. The third-order valence-electron chi connectivity index (χ3n) is 4.42. The molecule has 2 aromatic carbocycles. The molecule has 3 aromatic rings. The minimum Gasteiger partial charge on any atom is -0.497 e. The Morgan fingerprint density at radius 2 is 1.67 bits per heavy atom. The van der Waals surface area contributed by atoms with E-state index in [1.165, 1.54) is 28.9 Å². The van der Waals surface area contributed by atoms with Crippen LogP contribution in [0.2, 0.25) is 0 Å². The van der Waals surface area contributed by atoms with Crippen LogP contribution in [0.1, 0.15) is 16.1 Å². The molecule has 172 valence electrons. The molecule has 10 nitrogen and oxygen atoms in total. The minimum absolute atomic E-state index is 0.214. The summed E-state index contributed by atoms with van der Waals surface area (Å²) in [4.78, 5) is 36.2. The maximum absolute atomic E-state index is 12.2. The van der Waals surface area contributed by atoms with E-state index in [1.807, 2.05) is 0 Å². The van der Waals surface area contributed by atoms with Crippen LogP contribution in [0.25, 0.3) is 0 Å². The van der Waals surface area contributed by atoms with Crippen molar-refractivity contribution in [2.24, 2.45) is 7.05 Å². The molecule has 0 radical (unpaired) electrons. The lowest BCUT2D eigenvalue weighted by Crippen LogP contribution is -2.22. The van der Waals surface area contributed by atoms with E-state index in [0.717, 1.165) is 5.69 Å². The molecule has 0 fully saturated rings. The van der Waals surface area contributed by atoms with E-state index >= 15 is 0 Å². The van der Waals surface area contributed by atoms with Gasteiger partial charge in [0.15, 0.2) is 13.2 Å². The number of amides is 2. The molecular formula is C23H24N4O6. The number of hydrogen-bond acceptors (Lipinski definition) is 7. The van der Waals surface area contributed by atoms with Crippen molar-refractivity contribution in [3.05, 3.63) is 65.9 Å². The fraction of sp³-hybridized carbons (Fsp3) is 0.217. The van der Waals surface area contributed by atoms with Gasteiger partial charge >= 0.3 is 5.97 Å². The van der Waals surface area contributed by atoms with Gasteiger partial charge in [0.1, 0.15) is 17.3 Å². The van der Waals surface area contributed by atoms with Crippen molar-refractivity contribution in [3.63, 3.8) is 0 Å². The Morgan fingerprint density at radius 1 is 0.939 bits per heavy atom. The molecule has 0 aliphatic rings. The molecule has 2 N–H and O–H groups in total. The van der Waals surface area contributed by atoms with Crippen molar-refractivity contribution < 1.29 is 28.6 Å². The van der Waals surface area contributed by atoms with E-state index in [-0.39, 0.29) is 18.1 Å². The Hall–Kier alpha value is -4.34. The van der Waals surface area contributed by atoms with Crippen LogP contribution in [0.5, 0.6) is 11.5 Å². The van der Waals surface area contributed by atoms with Crippen LogP contribution >= 0.6 is 0 Å². The second kappa shape index (κ2) is 10.8. The van der Waals surface area contributed by atoms with Crippen LogP contribution < -0.4 is 20.1 Å². The Bertz CT molecular complexity index is 1140. The van der Waals surface area contributed by atoms with E-state index < -0.39 is 18.5 Å². The number of rotatable bonds is 9. The first kappa shape index (κ1) is 23.3. The molecule has 0 saturated carbocycles. The number of hydrogen-bond donors (Lipinski definition) is 2. The predicted molar refractivity (Wildman–Crippen MR) is 120 cm³/mol. The Labute approximate surface area is 190 Å². The highest BCUT2D eigenvalue weighted by Gasteiger charge is 2.13. The van der Waals surface area contributed by atoms with E-state index in [0.29, 0.717) is 23.0 Å². The number of carbonyl (C=O) groups is 3. The van der Waals surface area contributed by atoms with E-state index in [2.05, 4.69) is 15.7 Å². The zero-order valence-electron chi connectivity index (χ0n) is 18.5. The first-order valence-electron chi connectivity index (χ1n) is 9.98. The molecule has 3 rings (SSSR count). The molecule has 0 saturated heterocycles. The Morgan fingerprint density at radius 3 is 2.33 bits per heavy atom. The third-order valence-corrected chi connectivity index (χ3v) is 4.42. The van der Waals surface area contributed by atoms with Gasteiger partial charge in [-0.2, -0.15) is 5.10 Å². The molecule has 0 unspecified atom stereocenters. The molecule has 0 aliphatic carbocycles. The van der Waals surface area contributed by atoms with Gasteiger partial charge in [-0.3, -0.25) is 14.3 Å². The quantitative estimate of drug-likeness (QED) is 0.479. The standard InChI is InChI=1S/C23H24N4O6/c1-15-11-20(27(2)26-15)25-22(29)14-33-23(30)16-7-9-18(10-8-16)32-13-21(28)24-17-5-4-6-19(12-17)31-3/h4-12H,13-14H2,1-3H3,(H,24,28)(H,25,29). The van der Waals surface area contributed by atoms with Crippen molar-refractivity contribution in [1.29, 1.82) is 0 Å². The maximum atomic E-state index is 12.2. The number of aryl methyl sites for hydroxylation is 2. The largest absolute Gasteiger partial charge is 0.497 e. The van der Waals surface area contributed by atoms with Crippen LogP contribution in [-0.4, -0.2) is 47.9 Å². The molecule has 10 heteroatoms. The number of methoxy groups -OCH3 is 1. The zero-order chi connectivity index (χ0) is 23.8. The van der Waals surface area contributed by atoms with Gasteiger partial charge < -0.3 is 24.8 Å². The SMILES string of the molecule is COc1cccc(NC(=O)COc2ccc(C(=O)OCC(=O)Nc3cc(C)nn3C)cc2)c1. The van der Waals surface area contributed by atoms with Crippen molar-refractivity contribution in [1.82, 2.24) is 9.78 Å². The monoisotopic (exact) mass is 452 g/mol. The van der Waals surface area contributed by atoms with Gasteiger partial charge in [-0.25, -0.2) is 4.79 Å². The summed E-state index contributed by atoms with van der Waals surface area (Å²) < 4.78 is 17.1. The van der Waals surface area contributed by atoms with Gasteiger partial charge in [-0.1, -0.05) is 6.07 Å². The Balaban J connectivity index is 1.44. The first-order valence-corrected chi connectivity index (χ1v) is 9.98. The van der Waals surface area contributed by atoms with Crippen LogP contribution in [0.4, 0.5) is 11.5 Å². The third kappa shape index (κ3) is 6.82. The van der Waals surface area contributed by atoms with Crippen LogP contribution in [-0.2, 0) is 21.4 Å². The fourth-order valence-electron chi connectivity index (χ4n) is 2.85. The molecule has 0 spiro atoms. The summed E-state index contributed by atoms with van der Waals surface area (Å²) in [6, 6.07) is 14.7. The van der Waals surface area contributed by atoms with E-state index in [4.69, 9.17) is 14.2 Å². The van der Waals surface area contributed by atoms with Gasteiger partial charge in [-0.15, -0.1) is 0 Å². The number of ether oxygens (including phenoxy) is 3. The van der Waals surface area contributed by atoms with Crippen molar-refractivity contribution in [2.45, 2.75) is 6.92 Å². The van der Waals surface area contributed by atoms with Crippen molar-refractivity contribution in [2.75, 3.05) is 31.0 Å². The highest BCUT2D eigenvalue weighted by molar-refractivity contribution is 5.95. The lowest BCUT2D eigenvalue weighted by atomic mass is 10.2. The maximum Gasteiger partial charge on any atom is 0.338 e. The number of esters is 1. The number of carbonyl (C=O) groups excluding carboxylic acids is 3. The fourth-order valence-corrected chi connectivity index (χ4v) is 2.85. The van der Waals surface area contributed by atoms with Crippen molar-refractivity contribution >= 4 is 29.3 Å². The molecule has 0 aliphatic heterocycles. The van der Waals surface area contributed by atoms with Gasteiger partial charge in [0.05, 0.1) is 18.4 Å². The lowest BCUT2D eigenvalue weighted by molar-refractivity contribution is -0.119.